The van der Waals surface area contributed by atoms with Crippen molar-refractivity contribution in [2.75, 3.05) is 0 Å². The van der Waals surface area contributed by atoms with Crippen molar-refractivity contribution in [2.24, 2.45) is 0 Å². The van der Waals surface area contributed by atoms with Gasteiger partial charge in [-0.2, -0.15) is 13.2 Å². The summed E-state index contributed by atoms with van der Waals surface area (Å²) in [6.45, 7) is 0.228. The Kier molecular flexibility index (Phi) is 7.34. The van der Waals surface area contributed by atoms with Gasteiger partial charge in [-0.1, -0.05) is 60.7 Å². The summed E-state index contributed by atoms with van der Waals surface area (Å²) in [5.74, 6) is -0.687. The van der Waals surface area contributed by atoms with Gasteiger partial charge < -0.3 is 15.1 Å². The first-order chi connectivity index (χ1) is 17.3. The molecule has 0 aliphatic heterocycles. The number of furan rings is 1. The maximum Gasteiger partial charge on any atom is 0.416 e. The van der Waals surface area contributed by atoms with Gasteiger partial charge in [0.15, 0.2) is 0 Å². The summed E-state index contributed by atoms with van der Waals surface area (Å²) in [5.41, 5.74) is 0.565. The van der Waals surface area contributed by atoms with Crippen molar-refractivity contribution in [3.63, 3.8) is 0 Å². The topological polar surface area (TPSA) is 71.3 Å². The summed E-state index contributed by atoms with van der Waals surface area (Å²) in [5, 5.41) is 5.35. The molecule has 0 radical (unpaired) electrons. The average Bonchev–Trinajstić information content (AvgIpc) is 3.36. The van der Waals surface area contributed by atoms with Gasteiger partial charge in [0.1, 0.15) is 17.2 Å². The second-order valence-electron chi connectivity index (χ2n) is 7.83. The Morgan fingerprint density at radius 2 is 1.53 bits per heavy atom. The van der Waals surface area contributed by atoms with Gasteiger partial charge in [0.2, 0.25) is 0 Å². The second kappa shape index (κ2) is 10.8. The number of nitrogens with one attached hydrogen (secondary N) is 2. The molecule has 182 valence electrons. The zero-order valence-electron chi connectivity index (χ0n) is 18.9. The lowest BCUT2D eigenvalue weighted by atomic mass is 10.1. The average molecular weight is 490 g/mol. The third-order valence-corrected chi connectivity index (χ3v) is 5.21. The summed E-state index contributed by atoms with van der Waals surface area (Å²) in [6.07, 6.45) is -3.16. The molecule has 0 saturated heterocycles. The Labute approximate surface area is 205 Å². The number of alkyl halides is 3. The van der Waals surface area contributed by atoms with Crippen molar-refractivity contribution in [2.45, 2.75) is 12.7 Å². The van der Waals surface area contributed by atoms with E-state index in [4.69, 9.17) is 4.42 Å². The van der Waals surface area contributed by atoms with Gasteiger partial charge in [-0.3, -0.25) is 9.59 Å². The number of hydrogen-bond acceptors (Lipinski definition) is 3. The van der Waals surface area contributed by atoms with E-state index in [-0.39, 0.29) is 29.3 Å². The Morgan fingerprint density at radius 1 is 0.833 bits per heavy atom. The van der Waals surface area contributed by atoms with E-state index < -0.39 is 23.6 Å². The number of hydrogen-bond donors (Lipinski definition) is 2. The standard InChI is InChI=1S/C28H21F3N2O3/c29-28(30,31)22-13-7-12-21(16-22)25-15-14-23(36-25)17-24(33-26(34)20-10-5-2-6-11-20)27(35)32-18-19-8-3-1-4-9-19/h1-17H,18H2,(H,32,35)(H,33,34). The van der Waals surface area contributed by atoms with Crippen LogP contribution in [0.1, 0.15) is 27.2 Å². The van der Waals surface area contributed by atoms with E-state index in [1.54, 1.807) is 30.3 Å². The lowest BCUT2D eigenvalue weighted by Gasteiger charge is -2.11. The van der Waals surface area contributed by atoms with Gasteiger partial charge in [0, 0.05) is 23.7 Å². The van der Waals surface area contributed by atoms with Crippen molar-refractivity contribution in [1.82, 2.24) is 10.6 Å². The molecule has 2 N–H and O–H groups in total. The van der Waals surface area contributed by atoms with E-state index in [9.17, 15) is 22.8 Å². The van der Waals surface area contributed by atoms with E-state index in [1.807, 2.05) is 30.3 Å². The Bertz CT molecular complexity index is 1380. The summed E-state index contributed by atoms with van der Waals surface area (Å²) < 4.78 is 44.9. The monoisotopic (exact) mass is 490 g/mol. The smallest absolute Gasteiger partial charge is 0.416 e. The van der Waals surface area contributed by atoms with E-state index >= 15 is 0 Å². The molecule has 0 bridgehead atoms. The third-order valence-electron chi connectivity index (χ3n) is 5.21. The molecule has 5 nitrogen and oxygen atoms in total. The van der Waals surface area contributed by atoms with Crippen LogP contribution in [0.15, 0.2) is 107 Å². The highest BCUT2D eigenvalue weighted by atomic mass is 19.4. The van der Waals surface area contributed by atoms with E-state index in [0.29, 0.717) is 5.56 Å². The largest absolute Gasteiger partial charge is 0.457 e. The van der Waals surface area contributed by atoms with Crippen LogP contribution in [0, 0.1) is 0 Å². The predicted octanol–water partition coefficient (Wildman–Crippen LogP) is 6.05. The van der Waals surface area contributed by atoms with Crippen LogP contribution in [0.3, 0.4) is 0 Å². The SMILES string of the molecule is O=C(NCc1ccccc1)C(=Cc1ccc(-c2cccc(C(F)(F)F)c2)o1)NC(=O)c1ccccc1. The molecule has 1 heterocycles. The quantitative estimate of drug-likeness (QED) is 0.310. The normalized spacial score (nSPS) is 11.7. The summed E-state index contributed by atoms with van der Waals surface area (Å²) >= 11 is 0. The third kappa shape index (κ3) is 6.29. The Hall–Kier alpha value is -4.59. The molecule has 0 fully saturated rings. The van der Waals surface area contributed by atoms with Crippen LogP contribution >= 0.6 is 0 Å². The molecule has 1 aromatic heterocycles. The van der Waals surface area contributed by atoms with E-state index in [2.05, 4.69) is 10.6 Å². The first-order valence-electron chi connectivity index (χ1n) is 11.0. The lowest BCUT2D eigenvalue weighted by molar-refractivity contribution is -0.137. The van der Waals surface area contributed by atoms with E-state index in [0.717, 1.165) is 17.7 Å². The van der Waals surface area contributed by atoms with Crippen molar-refractivity contribution < 1.29 is 27.2 Å². The molecule has 0 spiro atoms. The number of rotatable bonds is 7. The molecule has 4 aromatic rings. The highest BCUT2D eigenvalue weighted by Crippen LogP contribution is 2.32. The minimum absolute atomic E-state index is 0.0790. The minimum Gasteiger partial charge on any atom is -0.457 e. The molecule has 8 heteroatoms. The van der Waals surface area contributed by atoms with Crippen molar-refractivity contribution in [1.29, 1.82) is 0 Å². The molecule has 0 aliphatic carbocycles. The highest BCUT2D eigenvalue weighted by Gasteiger charge is 2.30. The molecule has 2 amide bonds. The van der Waals surface area contributed by atoms with E-state index in [1.165, 1.54) is 30.3 Å². The molecule has 0 aliphatic rings. The van der Waals surface area contributed by atoms with Gasteiger partial charge in [0.05, 0.1) is 5.56 Å². The fourth-order valence-corrected chi connectivity index (χ4v) is 3.39. The highest BCUT2D eigenvalue weighted by molar-refractivity contribution is 6.05. The van der Waals surface area contributed by atoms with Crippen LogP contribution in [0.5, 0.6) is 0 Å². The van der Waals surface area contributed by atoms with Gasteiger partial charge in [-0.15, -0.1) is 0 Å². The van der Waals surface area contributed by atoms with Crippen LogP contribution in [0.4, 0.5) is 13.2 Å². The maximum atomic E-state index is 13.1. The fourth-order valence-electron chi connectivity index (χ4n) is 3.39. The molecular formula is C28H21F3N2O3. The van der Waals surface area contributed by atoms with Gasteiger partial charge in [0.25, 0.3) is 11.8 Å². The molecule has 0 atom stereocenters. The molecule has 4 rings (SSSR count). The molecule has 36 heavy (non-hydrogen) atoms. The summed E-state index contributed by atoms with van der Waals surface area (Å²) in [4.78, 5) is 25.7. The van der Waals surface area contributed by atoms with Crippen LogP contribution < -0.4 is 10.6 Å². The zero-order chi connectivity index (χ0) is 25.5. The lowest BCUT2D eigenvalue weighted by Crippen LogP contribution is -2.34. The Morgan fingerprint density at radius 3 is 2.22 bits per heavy atom. The summed E-state index contributed by atoms with van der Waals surface area (Å²) in [7, 11) is 0. The minimum atomic E-state index is -4.49. The molecule has 0 unspecified atom stereocenters. The first kappa shape index (κ1) is 24.5. The Balaban J connectivity index is 1.59. The van der Waals surface area contributed by atoms with Gasteiger partial charge in [-0.25, -0.2) is 0 Å². The fraction of sp³-hybridized carbons (Fsp3) is 0.0714. The van der Waals surface area contributed by atoms with Crippen molar-refractivity contribution in [3.05, 3.63) is 125 Å². The number of carbonyl (C=O) groups is 2. The van der Waals surface area contributed by atoms with Crippen molar-refractivity contribution >= 4 is 17.9 Å². The zero-order valence-corrected chi connectivity index (χ0v) is 18.9. The number of benzene rings is 3. The predicted molar refractivity (Wildman–Crippen MR) is 129 cm³/mol. The number of carbonyl (C=O) groups excluding carboxylic acids is 2. The maximum absolute atomic E-state index is 13.1. The van der Waals surface area contributed by atoms with Crippen LogP contribution in [-0.2, 0) is 17.5 Å². The molecule has 3 aromatic carbocycles. The van der Waals surface area contributed by atoms with Crippen molar-refractivity contribution in [3.8, 4) is 11.3 Å². The number of amides is 2. The van der Waals surface area contributed by atoms with Gasteiger partial charge in [-0.05, 0) is 42.0 Å². The molecule has 0 saturated carbocycles. The van der Waals surface area contributed by atoms with Crippen LogP contribution in [0.2, 0.25) is 0 Å². The van der Waals surface area contributed by atoms with Crippen LogP contribution in [0.25, 0.3) is 17.4 Å². The molecular weight excluding hydrogens is 469 g/mol. The number of halogens is 3. The first-order valence-corrected chi connectivity index (χ1v) is 11.0. The van der Waals surface area contributed by atoms with Gasteiger partial charge >= 0.3 is 6.18 Å². The van der Waals surface area contributed by atoms with Crippen LogP contribution in [-0.4, -0.2) is 11.8 Å². The second-order valence-corrected chi connectivity index (χ2v) is 7.83. The summed E-state index contributed by atoms with van der Waals surface area (Å²) in [6, 6.07) is 25.3.